The molecular weight excluding hydrogens is 318 g/mol. The van der Waals surface area contributed by atoms with E-state index in [2.05, 4.69) is 10.6 Å². The number of aliphatic hydroxyl groups excluding tert-OH is 1. The molecule has 1 aliphatic rings. The van der Waals surface area contributed by atoms with Crippen LogP contribution in [-0.4, -0.2) is 58.5 Å². The summed E-state index contributed by atoms with van der Waals surface area (Å²) < 4.78 is 0. The third-order valence-electron chi connectivity index (χ3n) is 4.18. The average molecular weight is 343 g/mol. The van der Waals surface area contributed by atoms with Crippen molar-refractivity contribution in [3.8, 4) is 0 Å². The monoisotopic (exact) mass is 343 g/mol. The zero-order valence-corrected chi connectivity index (χ0v) is 13.8. The normalized spacial score (nSPS) is 26.3. The van der Waals surface area contributed by atoms with Gasteiger partial charge in [0.05, 0.1) is 19.1 Å². The topological polar surface area (TPSA) is 159 Å². The molecule has 2 amide bonds. The van der Waals surface area contributed by atoms with Crippen LogP contribution < -0.4 is 16.4 Å². The van der Waals surface area contributed by atoms with Gasteiger partial charge in [-0.3, -0.25) is 19.2 Å². The summed E-state index contributed by atoms with van der Waals surface area (Å²) in [5.74, 6) is -2.61. The second-order valence-electron chi connectivity index (χ2n) is 6.38. The number of carboxylic acid groups (broad SMARTS) is 1. The van der Waals surface area contributed by atoms with E-state index < -0.39 is 42.9 Å². The molecule has 1 rings (SSSR count). The molecule has 0 aromatic heterocycles. The van der Waals surface area contributed by atoms with Crippen molar-refractivity contribution in [2.24, 2.45) is 17.6 Å². The van der Waals surface area contributed by atoms with Crippen molar-refractivity contribution in [2.75, 3.05) is 6.61 Å². The molecule has 1 saturated carbocycles. The predicted octanol–water partition coefficient (Wildman–Crippen LogP) is -1.61. The minimum absolute atomic E-state index is 0.0467. The summed E-state index contributed by atoms with van der Waals surface area (Å²) in [7, 11) is 0. The summed E-state index contributed by atoms with van der Waals surface area (Å²) in [5, 5.41) is 22.9. The lowest BCUT2D eigenvalue weighted by Gasteiger charge is -2.35. The van der Waals surface area contributed by atoms with Crippen molar-refractivity contribution in [2.45, 2.75) is 51.2 Å². The molecule has 0 spiro atoms. The summed E-state index contributed by atoms with van der Waals surface area (Å²) in [4.78, 5) is 46.1. The fourth-order valence-electron chi connectivity index (χ4n) is 2.92. The van der Waals surface area contributed by atoms with Gasteiger partial charge in [-0.05, 0) is 11.8 Å². The van der Waals surface area contributed by atoms with Crippen molar-refractivity contribution in [3.05, 3.63) is 0 Å². The Kier molecular flexibility index (Phi) is 7.30. The minimum atomic E-state index is -1.31. The lowest BCUT2D eigenvalue weighted by Crippen LogP contribution is -2.57. The van der Waals surface area contributed by atoms with E-state index in [1.807, 2.05) is 13.8 Å². The van der Waals surface area contributed by atoms with Gasteiger partial charge in [0.2, 0.25) is 11.8 Å². The number of rotatable bonds is 7. The van der Waals surface area contributed by atoms with E-state index in [0.717, 1.165) is 0 Å². The summed E-state index contributed by atoms with van der Waals surface area (Å²) >= 11 is 0. The van der Waals surface area contributed by atoms with Crippen molar-refractivity contribution in [3.63, 3.8) is 0 Å². The Hall–Kier alpha value is -2.00. The highest BCUT2D eigenvalue weighted by atomic mass is 16.4. The third kappa shape index (κ3) is 5.57. The number of carboxylic acids is 1. The number of Topliss-reactive ketones (excluding diaryl/α,β-unsaturated/α-hetero) is 1. The summed E-state index contributed by atoms with van der Waals surface area (Å²) in [5.41, 5.74) is 5.42. The Morgan fingerprint density at radius 2 is 1.75 bits per heavy atom. The highest BCUT2D eigenvalue weighted by Gasteiger charge is 2.34. The van der Waals surface area contributed by atoms with Gasteiger partial charge < -0.3 is 26.6 Å². The first-order valence-corrected chi connectivity index (χ1v) is 7.86. The maximum absolute atomic E-state index is 12.3. The molecule has 0 heterocycles. The number of carbonyl (C=O) groups is 4. The molecule has 0 aromatic carbocycles. The highest BCUT2D eigenvalue weighted by Crippen LogP contribution is 2.26. The first-order valence-electron chi connectivity index (χ1n) is 7.86. The Balaban J connectivity index is 2.64. The second kappa shape index (κ2) is 8.74. The lowest BCUT2D eigenvalue weighted by molar-refractivity contribution is -0.140. The van der Waals surface area contributed by atoms with Crippen LogP contribution in [0.2, 0.25) is 0 Å². The molecule has 0 saturated heterocycles. The van der Waals surface area contributed by atoms with E-state index in [9.17, 15) is 24.3 Å². The van der Waals surface area contributed by atoms with Crippen molar-refractivity contribution < 1.29 is 29.4 Å². The quantitative estimate of drug-likeness (QED) is 0.372. The van der Waals surface area contributed by atoms with Crippen molar-refractivity contribution >= 4 is 23.6 Å². The number of ketones is 1. The van der Waals surface area contributed by atoms with Crippen LogP contribution >= 0.6 is 0 Å². The highest BCUT2D eigenvalue weighted by molar-refractivity contribution is 5.91. The first kappa shape index (κ1) is 20.0. The van der Waals surface area contributed by atoms with E-state index in [4.69, 9.17) is 10.8 Å². The SMILES string of the molecule is CC1CC(=O)CC(C)C1NC(=O)[C@@H](CO)NC(=O)[C@@H](N)CC(=O)O. The number of nitrogens with two attached hydrogens (primary N) is 1. The van der Waals surface area contributed by atoms with Gasteiger partial charge >= 0.3 is 5.97 Å². The maximum atomic E-state index is 12.3. The summed E-state index contributed by atoms with van der Waals surface area (Å²) in [6.45, 7) is 3.06. The summed E-state index contributed by atoms with van der Waals surface area (Å²) in [6, 6.07) is -2.78. The number of aliphatic carboxylic acids is 1. The zero-order chi connectivity index (χ0) is 18.4. The van der Waals surface area contributed by atoms with Gasteiger partial charge in [-0.1, -0.05) is 13.8 Å². The van der Waals surface area contributed by atoms with Gasteiger partial charge in [-0.15, -0.1) is 0 Å². The fourth-order valence-corrected chi connectivity index (χ4v) is 2.92. The number of hydrogen-bond donors (Lipinski definition) is 5. The molecule has 24 heavy (non-hydrogen) atoms. The smallest absolute Gasteiger partial charge is 0.305 e. The molecule has 0 bridgehead atoms. The van der Waals surface area contributed by atoms with Crippen LogP contribution in [-0.2, 0) is 19.2 Å². The first-order chi connectivity index (χ1) is 11.1. The molecule has 1 aliphatic carbocycles. The van der Waals surface area contributed by atoms with E-state index in [1.54, 1.807) is 0 Å². The standard InChI is InChI=1S/C15H25N3O6/c1-7-3-9(20)4-8(2)13(7)18-15(24)11(6-19)17-14(23)10(16)5-12(21)22/h7-8,10-11,13,19H,3-6,16H2,1-2H3,(H,17,23)(H,18,24)(H,21,22)/t7?,8?,10-,11+,13?/m0/s1. The fraction of sp³-hybridized carbons (Fsp3) is 0.733. The van der Waals surface area contributed by atoms with Gasteiger partial charge in [-0.2, -0.15) is 0 Å². The van der Waals surface area contributed by atoms with Gasteiger partial charge in [0.15, 0.2) is 0 Å². The van der Waals surface area contributed by atoms with Crippen LogP contribution in [0.1, 0.15) is 33.1 Å². The van der Waals surface area contributed by atoms with Gasteiger partial charge in [0.1, 0.15) is 11.8 Å². The van der Waals surface area contributed by atoms with Crippen molar-refractivity contribution in [1.29, 1.82) is 0 Å². The molecule has 0 aliphatic heterocycles. The Morgan fingerprint density at radius 3 is 2.21 bits per heavy atom. The number of aliphatic hydroxyl groups is 1. The molecule has 2 unspecified atom stereocenters. The average Bonchev–Trinajstić information content (AvgIpc) is 2.47. The lowest BCUT2D eigenvalue weighted by atomic mass is 9.78. The van der Waals surface area contributed by atoms with Crippen LogP contribution in [0.3, 0.4) is 0 Å². The third-order valence-corrected chi connectivity index (χ3v) is 4.18. The molecule has 1 fully saturated rings. The van der Waals surface area contributed by atoms with Gasteiger partial charge in [0, 0.05) is 18.9 Å². The Bertz CT molecular complexity index is 495. The molecule has 0 radical (unpaired) electrons. The molecule has 9 nitrogen and oxygen atoms in total. The number of amides is 2. The molecular formula is C15H25N3O6. The van der Waals surface area contributed by atoms with Crippen LogP contribution in [0.25, 0.3) is 0 Å². The molecule has 136 valence electrons. The molecule has 4 atom stereocenters. The zero-order valence-electron chi connectivity index (χ0n) is 13.8. The summed E-state index contributed by atoms with van der Waals surface area (Å²) in [6.07, 6.45) is 0.161. The van der Waals surface area contributed by atoms with Crippen LogP contribution in [0, 0.1) is 11.8 Å². The predicted molar refractivity (Wildman–Crippen MR) is 83.7 cm³/mol. The van der Waals surface area contributed by atoms with E-state index >= 15 is 0 Å². The van der Waals surface area contributed by atoms with Crippen LogP contribution in [0.4, 0.5) is 0 Å². The van der Waals surface area contributed by atoms with Gasteiger partial charge in [-0.25, -0.2) is 0 Å². The second-order valence-corrected chi connectivity index (χ2v) is 6.38. The minimum Gasteiger partial charge on any atom is -0.481 e. The van der Waals surface area contributed by atoms with Crippen molar-refractivity contribution in [1.82, 2.24) is 10.6 Å². The molecule has 9 heteroatoms. The maximum Gasteiger partial charge on any atom is 0.305 e. The van der Waals surface area contributed by atoms with Crippen LogP contribution in [0.5, 0.6) is 0 Å². The van der Waals surface area contributed by atoms with E-state index in [0.29, 0.717) is 12.8 Å². The number of nitrogens with one attached hydrogen (secondary N) is 2. The number of hydrogen-bond acceptors (Lipinski definition) is 6. The Labute approximate surface area is 140 Å². The largest absolute Gasteiger partial charge is 0.481 e. The molecule has 0 aromatic rings. The van der Waals surface area contributed by atoms with Crippen LogP contribution in [0.15, 0.2) is 0 Å². The van der Waals surface area contributed by atoms with E-state index in [-0.39, 0.29) is 23.7 Å². The van der Waals surface area contributed by atoms with Gasteiger partial charge in [0.25, 0.3) is 0 Å². The van der Waals surface area contributed by atoms with E-state index in [1.165, 1.54) is 0 Å². The number of carbonyl (C=O) groups excluding carboxylic acids is 3. The molecule has 6 N–H and O–H groups in total. The Morgan fingerprint density at radius 1 is 1.21 bits per heavy atom.